The number of ether oxygens (including phenoxy) is 2. The lowest BCUT2D eigenvalue weighted by Gasteiger charge is -2.20. The Bertz CT molecular complexity index is 1380. The highest BCUT2D eigenvalue weighted by Gasteiger charge is 2.42. The van der Waals surface area contributed by atoms with Crippen LogP contribution in [-0.2, 0) is 30.9 Å². The van der Waals surface area contributed by atoms with Crippen molar-refractivity contribution in [1.29, 1.82) is 0 Å². The summed E-state index contributed by atoms with van der Waals surface area (Å²) in [5, 5.41) is 0. The molecule has 0 radical (unpaired) electrons. The Balaban J connectivity index is 2.24. The lowest BCUT2D eigenvalue weighted by molar-refractivity contribution is -0.141. The van der Waals surface area contributed by atoms with E-state index in [0.717, 1.165) is 0 Å². The molecule has 0 aromatic heterocycles. The maximum Gasteiger partial charge on any atom is 0.420 e. The van der Waals surface area contributed by atoms with Crippen molar-refractivity contribution in [2.75, 3.05) is 11.5 Å². The third-order valence-corrected chi connectivity index (χ3v) is 5.19. The summed E-state index contributed by atoms with van der Waals surface area (Å²) < 4.78 is 210. The van der Waals surface area contributed by atoms with Gasteiger partial charge in [-0.1, -0.05) is 0 Å². The largest absolute Gasteiger partial charge is 0.457 e. The minimum atomic E-state index is -5.48. The van der Waals surface area contributed by atoms with Crippen LogP contribution >= 0.6 is 0 Å². The van der Waals surface area contributed by atoms with Crippen LogP contribution in [0.4, 0.5) is 77.2 Å². The van der Waals surface area contributed by atoms with Crippen LogP contribution < -0.4 is 20.9 Å². The Morgan fingerprint density at radius 3 is 0.952 bits per heavy atom. The van der Waals surface area contributed by atoms with E-state index in [1.807, 2.05) is 0 Å². The number of anilines is 2. The van der Waals surface area contributed by atoms with E-state index in [4.69, 9.17) is 11.5 Å². The van der Waals surface area contributed by atoms with Crippen molar-refractivity contribution in [2.45, 2.75) is 30.9 Å². The van der Waals surface area contributed by atoms with Gasteiger partial charge in [-0.25, -0.2) is 0 Å². The first-order chi connectivity index (χ1) is 18.8. The van der Waals surface area contributed by atoms with Gasteiger partial charge in [0.1, 0.15) is 34.1 Å². The van der Waals surface area contributed by atoms with Gasteiger partial charge in [0.2, 0.25) is 0 Å². The van der Waals surface area contributed by atoms with Crippen LogP contribution in [0.1, 0.15) is 27.8 Å². The quantitative estimate of drug-likeness (QED) is 0.222. The zero-order valence-corrected chi connectivity index (χ0v) is 19.7. The molecule has 0 unspecified atom stereocenters. The summed E-state index contributed by atoms with van der Waals surface area (Å²) in [6, 6.07) is -0.899. The molecule has 0 bridgehead atoms. The maximum atomic E-state index is 13.5. The van der Waals surface area contributed by atoms with Gasteiger partial charge in [0.25, 0.3) is 0 Å². The van der Waals surface area contributed by atoms with Crippen molar-refractivity contribution >= 4 is 11.4 Å². The molecule has 0 amide bonds. The fraction of sp³-hybridized carbons (Fsp3) is 0.217. The first-order valence-corrected chi connectivity index (χ1v) is 10.5. The number of alkyl halides is 15. The Hall–Kier alpha value is -4.19. The summed E-state index contributed by atoms with van der Waals surface area (Å²) in [6.07, 6.45) is -27.1. The Morgan fingerprint density at radius 1 is 0.381 bits per heavy atom. The van der Waals surface area contributed by atoms with Gasteiger partial charge in [0, 0.05) is 17.4 Å². The third-order valence-electron chi connectivity index (χ3n) is 5.19. The summed E-state index contributed by atoms with van der Waals surface area (Å²) in [7, 11) is 0. The van der Waals surface area contributed by atoms with Crippen LogP contribution in [0.3, 0.4) is 0 Å². The number of nitrogen functional groups attached to an aromatic ring is 2. The molecule has 0 aliphatic carbocycles. The van der Waals surface area contributed by atoms with Crippen molar-refractivity contribution in [3.05, 3.63) is 70.3 Å². The van der Waals surface area contributed by atoms with E-state index < -0.39 is 93.1 Å². The summed E-state index contributed by atoms with van der Waals surface area (Å²) in [5.41, 5.74) is -2.41. The molecule has 3 rings (SSSR count). The lowest BCUT2D eigenvalue weighted by atomic mass is 10.1. The Kier molecular flexibility index (Phi) is 7.90. The summed E-state index contributed by atoms with van der Waals surface area (Å²) in [4.78, 5) is 0. The van der Waals surface area contributed by atoms with Crippen LogP contribution in [0.5, 0.6) is 23.0 Å². The second-order valence-electron chi connectivity index (χ2n) is 8.26. The second-order valence-corrected chi connectivity index (χ2v) is 8.26. The second kappa shape index (κ2) is 10.3. The van der Waals surface area contributed by atoms with E-state index >= 15 is 0 Å². The summed E-state index contributed by atoms with van der Waals surface area (Å²) in [5.74, 6) is -6.17. The SMILES string of the molecule is Nc1cc(C(F)(F)F)c(Oc2cc(Oc3cc(C(F)(F)F)c(N)cc3C(F)(F)F)cc(C(F)(F)F)c2)cc1C(F)(F)F. The summed E-state index contributed by atoms with van der Waals surface area (Å²) >= 11 is 0. The van der Waals surface area contributed by atoms with E-state index in [1.54, 1.807) is 0 Å². The molecule has 4 nitrogen and oxygen atoms in total. The van der Waals surface area contributed by atoms with Gasteiger partial charge in [-0.3, -0.25) is 0 Å². The number of hydrogen-bond donors (Lipinski definition) is 2. The third kappa shape index (κ3) is 7.17. The number of nitrogens with two attached hydrogens (primary N) is 2. The zero-order chi connectivity index (χ0) is 32.2. The van der Waals surface area contributed by atoms with E-state index in [9.17, 15) is 65.9 Å². The fourth-order valence-electron chi connectivity index (χ4n) is 3.40. The smallest absolute Gasteiger partial charge is 0.420 e. The van der Waals surface area contributed by atoms with Gasteiger partial charge in [-0.15, -0.1) is 0 Å². The van der Waals surface area contributed by atoms with Crippen molar-refractivity contribution in [3.8, 4) is 23.0 Å². The number of hydrogen-bond acceptors (Lipinski definition) is 4. The highest BCUT2D eigenvalue weighted by molar-refractivity contribution is 5.59. The van der Waals surface area contributed by atoms with Gasteiger partial charge in [0.15, 0.2) is 0 Å². The molecular formula is C23H11F15N2O2. The van der Waals surface area contributed by atoms with E-state index in [1.165, 1.54) is 0 Å². The van der Waals surface area contributed by atoms with Gasteiger partial charge in [0.05, 0.1) is 16.7 Å². The first-order valence-electron chi connectivity index (χ1n) is 10.5. The number of halogens is 15. The molecule has 0 atom stereocenters. The normalized spacial score (nSPS) is 13.3. The molecule has 19 heteroatoms. The molecular weight excluding hydrogens is 621 g/mol. The van der Waals surface area contributed by atoms with Crippen LogP contribution in [-0.4, -0.2) is 0 Å². The highest BCUT2D eigenvalue weighted by Crippen LogP contribution is 2.48. The molecule has 42 heavy (non-hydrogen) atoms. The van der Waals surface area contributed by atoms with Crippen LogP contribution in [0.2, 0.25) is 0 Å². The molecule has 0 saturated carbocycles. The van der Waals surface area contributed by atoms with Crippen molar-refractivity contribution < 1.29 is 75.3 Å². The van der Waals surface area contributed by atoms with Gasteiger partial charge >= 0.3 is 30.9 Å². The topological polar surface area (TPSA) is 70.5 Å². The highest BCUT2D eigenvalue weighted by atomic mass is 19.4. The molecule has 0 aliphatic heterocycles. The molecule has 0 aliphatic rings. The van der Waals surface area contributed by atoms with Gasteiger partial charge in [-0.2, -0.15) is 65.9 Å². The lowest BCUT2D eigenvalue weighted by Crippen LogP contribution is -2.14. The molecule has 4 N–H and O–H groups in total. The van der Waals surface area contributed by atoms with Crippen LogP contribution in [0, 0.1) is 0 Å². The predicted octanol–water partition coefficient (Wildman–Crippen LogP) is 9.53. The van der Waals surface area contributed by atoms with Crippen molar-refractivity contribution in [3.63, 3.8) is 0 Å². The number of rotatable bonds is 4. The van der Waals surface area contributed by atoms with E-state index in [0.29, 0.717) is 0 Å². The van der Waals surface area contributed by atoms with Crippen LogP contribution in [0.25, 0.3) is 0 Å². The standard InChI is InChI=1S/C23H11F15N2O2/c24-19(25,26)8-1-9(41-17-6-11(20(27,28)29)15(39)4-13(17)22(33,34)35)3-10(2-8)42-18-7-12(21(30,31)32)16(40)5-14(18)23(36,37)38/h1-7H,39-40H2. The fourth-order valence-corrected chi connectivity index (χ4v) is 3.40. The van der Waals surface area contributed by atoms with E-state index in [-0.39, 0.29) is 42.5 Å². The van der Waals surface area contributed by atoms with E-state index in [2.05, 4.69) is 9.47 Å². The maximum absolute atomic E-state index is 13.5. The predicted molar refractivity (Wildman–Crippen MR) is 113 cm³/mol. The average Bonchev–Trinajstić information content (AvgIpc) is 2.77. The van der Waals surface area contributed by atoms with Gasteiger partial charge < -0.3 is 20.9 Å². The minimum Gasteiger partial charge on any atom is -0.457 e. The summed E-state index contributed by atoms with van der Waals surface area (Å²) in [6.45, 7) is 0. The van der Waals surface area contributed by atoms with Gasteiger partial charge in [-0.05, 0) is 36.4 Å². The Labute approximate surface area is 223 Å². The molecule has 3 aromatic rings. The molecule has 230 valence electrons. The molecule has 0 fully saturated rings. The monoisotopic (exact) mass is 632 g/mol. The average molecular weight is 632 g/mol. The van der Waals surface area contributed by atoms with Crippen LogP contribution in [0.15, 0.2) is 42.5 Å². The minimum absolute atomic E-state index is 0.0502. The Morgan fingerprint density at radius 2 is 0.690 bits per heavy atom. The van der Waals surface area contributed by atoms with Crippen molar-refractivity contribution in [2.24, 2.45) is 0 Å². The zero-order valence-electron chi connectivity index (χ0n) is 19.7. The number of benzene rings is 3. The molecule has 0 saturated heterocycles. The molecule has 0 heterocycles. The van der Waals surface area contributed by atoms with Crippen molar-refractivity contribution in [1.82, 2.24) is 0 Å². The first kappa shape index (κ1) is 32.3. The molecule has 0 spiro atoms. The molecule has 3 aromatic carbocycles.